The van der Waals surface area contributed by atoms with Gasteiger partial charge in [-0.15, -0.1) is 0 Å². The van der Waals surface area contributed by atoms with Crippen LogP contribution < -0.4 is 10.5 Å². The van der Waals surface area contributed by atoms with Crippen molar-refractivity contribution < 1.29 is 4.74 Å². The summed E-state index contributed by atoms with van der Waals surface area (Å²) in [5.74, 6) is 1.26. The Morgan fingerprint density at radius 3 is 2.44 bits per heavy atom. The molecule has 0 heterocycles. The van der Waals surface area contributed by atoms with Gasteiger partial charge in [-0.1, -0.05) is 38.4 Å². The first kappa shape index (κ1) is 15.3. The zero-order valence-electron chi connectivity index (χ0n) is 11.8. The van der Waals surface area contributed by atoms with Crippen LogP contribution >= 0.6 is 11.6 Å². The van der Waals surface area contributed by atoms with Crippen molar-refractivity contribution in [3.05, 3.63) is 28.3 Å². The average molecular weight is 270 g/mol. The number of ether oxygens (including phenoxy) is 1. The van der Waals surface area contributed by atoms with Crippen LogP contribution in [0, 0.1) is 0 Å². The van der Waals surface area contributed by atoms with Gasteiger partial charge in [0.05, 0.1) is 11.6 Å². The van der Waals surface area contributed by atoms with Crippen LogP contribution in [-0.2, 0) is 6.42 Å². The molecule has 0 aliphatic rings. The van der Waals surface area contributed by atoms with Crippen molar-refractivity contribution in [1.82, 2.24) is 0 Å². The molecule has 0 amide bonds. The highest BCUT2D eigenvalue weighted by molar-refractivity contribution is 6.32. The molecule has 0 saturated heterocycles. The molecule has 2 nitrogen and oxygen atoms in total. The Morgan fingerprint density at radius 2 is 1.94 bits per heavy atom. The lowest BCUT2D eigenvalue weighted by Crippen LogP contribution is -2.18. The molecule has 0 saturated carbocycles. The molecule has 1 atom stereocenters. The molecule has 0 bridgehead atoms. The smallest absolute Gasteiger partial charge is 0.141 e. The number of benzene rings is 1. The number of rotatable bonds is 6. The van der Waals surface area contributed by atoms with Crippen molar-refractivity contribution in [2.45, 2.75) is 52.5 Å². The van der Waals surface area contributed by atoms with Gasteiger partial charge in [-0.3, -0.25) is 0 Å². The summed E-state index contributed by atoms with van der Waals surface area (Å²) in [6.07, 6.45) is 1.76. The summed E-state index contributed by atoms with van der Waals surface area (Å²) < 4.78 is 5.77. The maximum Gasteiger partial charge on any atom is 0.141 e. The maximum atomic E-state index is 6.33. The van der Waals surface area contributed by atoms with E-state index in [1.165, 1.54) is 5.56 Å². The summed E-state index contributed by atoms with van der Waals surface area (Å²) in [7, 11) is 0. The van der Waals surface area contributed by atoms with Crippen molar-refractivity contribution in [1.29, 1.82) is 0 Å². The molecule has 0 aromatic heterocycles. The fourth-order valence-electron chi connectivity index (χ4n) is 1.87. The predicted octanol–water partition coefficient (Wildman–Crippen LogP) is 4.14. The van der Waals surface area contributed by atoms with Crippen LogP contribution in [0.3, 0.4) is 0 Å². The Kier molecular flexibility index (Phi) is 5.97. The van der Waals surface area contributed by atoms with Crippen LogP contribution in [0.1, 0.15) is 51.2 Å². The SMILES string of the molecule is CCCOc1c(Cl)cc(C(C)C)cc1CC(C)N. The van der Waals surface area contributed by atoms with Crippen LogP contribution in [0.2, 0.25) is 5.02 Å². The number of hydrogen-bond donors (Lipinski definition) is 1. The minimum absolute atomic E-state index is 0.104. The van der Waals surface area contributed by atoms with Crippen molar-refractivity contribution >= 4 is 11.6 Å². The fourth-order valence-corrected chi connectivity index (χ4v) is 2.17. The largest absolute Gasteiger partial charge is 0.492 e. The molecule has 18 heavy (non-hydrogen) atoms. The normalized spacial score (nSPS) is 12.8. The Balaban J connectivity index is 3.12. The van der Waals surface area contributed by atoms with E-state index in [0.29, 0.717) is 17.5 Å². The van der Waals surface area contributed by atoms with E-state index in [0.717, 1.165) is 24.2 Å². The number of halogens is 1. The summed E-state index contributed by atoms with van der Waals surface area (Å²) in [5, 5.41) is 0.699. The predicted molar refractivity (Wildman–Crippen MR) is 78.7 cm³/mol. The number of hydrogen-bond acceptors (Lipinski definition) is 2. The molecule has 3 heteroatoms. The Labute approximate surface area is 115 Å². The van der Waals surface area contributed by atoms with E-state index in [-0.39, 0.29) is 6.04 Å². The lowest BCUT2D eigenvalue weighted by atomic mass is 9.97. The van der Waals surface area contributed by atoms with Crippen molar-refractivity contribution in [2.24, 2.45) is 5.73 Å². The first-order valence-electron chi connectivity index (χ1n) is 6.66. The third kappa shape index (κ3) is 4.18. The van der Waals surface area contributed by atoms with Gasteiger partial charge >= 0.3 is 0 Å². The van der Waals surface area contributed by atoms with Gasteiger partial charge in [-0.25, -0.2) is 0 Å². The maximum absolute atomic E-state index is 6.33. The van der Waals surface area contributed by atoms with Gasteiger partial charge < -0.3 is 10.5 Å². The molecule has 0 fully saturated rings. The van der Waals surface area contributed by atoms with Crippen molar-refractivity contribution in [2.75, 3.05) is 6.61 Å². The zero-order valence-corrected chi connectivity index (χ0v) is 12.6. The monoisotopic (exact) mass is 269 g/mol. The van der Waals surface area contributed by atoms with Crippen LogP contribution in [-0.4, -0.2) is 12.6 Å². The minimum Gasteiger partial charge on any atom is -0.492 e. The molecular weight excluding hydrogens is 246 g/mol. The van der Waals surface area contributed by atoms with E-state index in [4.69, 9.17) is 22.1 Å². The van der Waals surface area contributed by atoms with Crippen molar-refractivity contribution in [3.63, 3.8) is 0 Å². The second-order valence-electron chi connectivity index (χ2n) is 5.18. The van der Waals surface area contributed by atoms with Gasteiger partial charge in [0.2, 0.25) is 0 Å². The highest BCUT2D eigenvalue weighted by Gasteiger charge is 2.14. The quantitative estimate of drug-likeness (QED) is 0.842. The van der Waals surface area contributed by atoms with Gasteiger partial charge in [0.25, 0.3) is 0 Å². The molecule has 0 radical (unpaired) electrons. The Hall–Kier alpha value is -0.730. The Bertz CT molecular complexity index is 388. The topological polar surface area (TPSA) is 35.2 Å². The third-order valence-electron chi connectivity index (χ3n) is 2.80. The van der Waals surface area contributed by atoms with Crippen molar-refractivity contribution in [3.8, 4) is 5.75 Å². The van der Waals surface area contributed by atoms with Gasteiger partial charge in [-0.05, 0) is 42.9 Å². The summed E-state index contributed by atoms with van der Waals surface area (Å²) in [5.41, 5.74) is 8.26. The molecule has 1 aromatic carbocycles. The van der Waals surface area contributed by atoms with Gasteiger partial charge in [0.1, 0.15) is 5.75 Å². The fraction of sp³-hybridized carbons (Fsp3) is 0.600. The molecule has 2 N–H and O–H groups in total. The molecular formula is C15H24ClNO. The molecule has 1 unspecified atom stereocenters. The van der Waals surface area contributed by atoms with Gasteiger partial charge in [0, 0.05) is 6.04 Å². The molecule has 0 aliphatic carbocycles. The van der Waals surface area contributed by atoms with E-state index in [2.05, 4.69) is 26.8 Å². The summed E-state index contributed by atoms with van der Waals surface area (Å²) in [6.45, 7) is 9.09. The van der Waals surface area contributed by atoms with Crippen LogP contribution in [0.5, 0.6) is 5.75 Å². The van der Waals surface area contributed by atoms with E-state index >= 15 is 0 Å². The molecule has 0 aliphatic heterocycles. The van der Waals surface area contributed by atoms with E-state index in [1.54, 1.807) is 0 Å². The first-order chi connectivity index (χ1) is 8.45. The summed E-state index contributed by atoms with van der Waals surface area (Å²) in [4.78, 5) is 0. The van der Waals surface area contributed by atoms with Gasteiger partial charge in [0.15, 0.2) is 0 Å². The lowest BCUT2D eigenvalue weighted by Gasteiger charge is -2.17. The van der Waals surface area contributed by atoms with E-state index in [1.807, 2.05) is 13.0 Å². The molecule has 1 rings (SSSR count). The molecule has 1 aromatic rings. The summed E-state index contributed by atoms with van der Waals surface area (Å²) in [6, 6.07) is 4.28. The third-order valence-corrected chi connectivity index (χ3v) is 3.08. The first-order valence-corrected chi connectivity index (χ1v) is 7.04. The minimum atomic E-state index is 0.104. The van der Waals surface area contributed by atoms with Crippen LogP contribution in [0.25, 0.3) is 0 Å². The lowest BCUT2D eigenvalue weighted by molar-refractivity contribution is 0.313. The second kappa shape index (κ2) is 7.01. The Morgan fingerprint density at radius 1 is 1.28 bits per heavy atom. The zero-order chi connectivity index (χ0) is 13.7. The number of nitrogens with two attached hydrogens (primary N) is 1. The molecule has 102 valence electrons. The highest BCUT2D eigenvalue weighted by atomic mass is 35.5. The second-order valence-corrected chi connectivity index (χ2v) is 5.58. The van der Waals surface area contributed by atoms with Crippen LogP contribution in [0.4, 0.5) is 0 Å². The van der Waals surface area contributed by atoms with Gasteiger partial charge in [-0.2, -0.15) is 0 Å². The average Bonchev–Trinajstić information content (AvgIpc) is 2.26. The highest BCUT2D eigenvalue weighted by Crippen LogP contribution is 2.33. The van der Waals surface area contributed by atoms with E-state index in [9.17, 15) is 0 Å². The molecule has 0 spiro atoms. The summed E-state index contributed by atoms with van der Waals surface area (Å²) >= 11 is 6.33. The van der Waals surface area contributed by atoms with Crippen LogP contribution in [0.15, 0.2) is 12.1 Å². The standard InChI is InChI=1S/C15H24ClNO/c1-5-6-18-15-13(7-11(4)17)8-12(10(2)3)9-14(15)16/h8-11H,5-7,17H2,1-4H3. The van der Waals surface area contributed by atoms with E-state index < -0.39 is 0 Å².